The number of carbonyl (C=O) groups excluding carboxylic acids is 2. The highest BCUT2D eigenvalue weighted by Crippen LogP contribution is 2.25. The number of fused-ring (bicyclic) bond motifs is 1. The Morgan fingerprint density at radius 3 is 2.52 bits per heavy atom. The Kier molecular flexibility index (Phi) is 6.40. The summed E-state index contributed by atoms with van der Waals surface area (Å²) >= 11 is 0. The van der Waals surface area contributed by atoms with Gasteiger partial charge in [0.05, 0.1) is 17.6 Å². The fourth-order valence-corrected chi connectivity index (χ4v) is 4.19. The molecule has 1 aromatic heterocycles. The van der Waals surface area contributed by atoms with Gasteiger partial charge in [0.25, 0.3) is 0 Å². The maximum Gasteiger partial charge on any atom is 0.410 e. The van der Waals surface area contributed by atoms with Crippen LogP contribution in [-0.4, -0.2) is 45.1 Å². The van der Waals surface area contributed by atoms with Crippen molar-refractivity contribution in [1.29, 1.82) is 0 Å². The van der Waals surface area contributed by atoms with Crippen LogP contribution in [0.2, 0.25) is 0 Å². The summed E-state index contributed by atoms with van der Waals surface area (Å²) in [5.41, 5.74) is 3.65. The van der Waals surface area contributed by atoms with Crippen molar-refractivity contribution in [2.24, 2.45) is 5.92 Å². The third-order valence-corrected chi connectivity index (χ3v) is 5.83. The molecule has 1 fully saturated rings. The lowest BCUT2D eigenvalue weighted by molar-refractivity contribution is -0.121. The molecule has 0 spiro atoms. The SMILES string of the molecule is Cc1cccc(Cn2c(NC(=O)C3CCN(C(=O)OC(C)(C)C)CC3)nc3ccccc32)c1. The lowest BCUT2D eigenvalue weighted by Gasteiger charge is -2.32. The zero-order valence-corrected chi connectivity index (χ0v) is 19.8. The van der Waals surface area contributed by atoms with Gasteiger partial charge in [-0.1, -0.05) is 42.0 Å². The van der Waals surface area contributed by atoms with Crippen LogP contribution in [0.3, 0.4) is 0 Å². The quantitative estimate of drug-likeness (QED) is 0.611. The van der Waals surface area contributed by atoms with Crippen molar-refractivity contribution in [3.63, 3.8) is 0 Å². The number of nitrogens with one attached hydrogen (secondary N) is 1. The summed E-state index contributed by atoms with van der Waals surface area (Å²) in [6, 6.07) is 16.2. The van der Waals surface area contributed by atoms with Crippen molar-refractivity contribution in [2.45, 2.75) is 52.7 Å². The minimum Gasteiger partial charge on any atom is -0.444 e. The molecule has 33 heavy (non-hydrogen) atoms. The number of piperidine rings is 1. The van der Waals surface area contributed by atoms with Crippen molar-refractivity contribution >= 4 is 29.0 Å². The van der Waals surface area contributed by atoms with Crippen LogP contribution in [-0.2, 0) is 16.1 Å². The number of hydrogen-bond acceptors (Lipinski definition) is 4. The van der Waals surface area contributed by atoms with Crippen LogP contribution in [0.5, 0.6) is 0 Å². The van der Waals surface area contributed by atoms with Crippen LogP contribution in [0.15, 0.2) is 48.5 Å². The molecule has 3 aromatic rings. The van der Waals surface area contributed by atoms with Crippen molar-refractivity contribution in [1.82, 2.24) is 14.5 Å². The van der Waals surface area contributed by atoms with Crippen LogP contribution in [0.1, 0.15) is 44.7 Å². The third-order valence-electron chi connectivity index (χ3n) is 5.83. The number of aromatic nitrogens is 2. The Morgan fingerprint density at radius 2 is 1.82 bits per heavy atom. The van der Waals surface area contributed by atoms with Gasteiger partial charge in [-0.05, 0) is 58.2 Å². The molecular weight excluding hydrogens is 416 g/mol. The molecule has 0 saturated carbocycles. The maximum atomic E-state index is 13.1. The third kappa shape index (κ3) is 5.53. The first-order chi connectivity index (χ1) is 15.7. The molecule has 0 atom stereocenters. The number of aryl methyl sites for hydroxylation is 1. The Labute approximate surface area is 194 Å². The van der Waals surface area contributed by atoms with Gasteiger partial charge in [-0.15, -0.1) is 0 Å². The molecule has 0 unspecified atom stereocenters. The number of likely N-dealkylation sites (tertiary alicyclic amines) is 1. The van der Waals surface area contributed by atoms with Gasteiger partial charge in [-0.3, -0.25) is 10.1 Å². The van der Waals surface area contributed by atoms with Gasteiger partial charge >= 0.3 is 6.09 Å². The molecule has 0 bridgehead atoms. The number of nitrogens with zero attached hydrogens (tertiary/aromatic N) is 3. The van der Waals surface area contributed by atoms with Gasteiger partial charge in [0, 0.05) is 19.0 Å². The number of amides is 2. The monoisotopic (exact) mass is 448 g/mol. The molecule has 1 aliphatic heterocycles. The first-order valence-electron chi connectivity index (χ1n) is 11.5. The maximum absolute atomic E-state index is 13.1. The molecule has 2 amide bonds. The van der Waals surface area contributed by atoms with Crippen LogP contribution >= 0.6 is 0 Å². The Hall–Kier alpha value is -3.35. The van der Waals surface area contributed by atoms with Gasteiger partial charge in [-0.25, -0.2) is 9.78 Å². The fourth-order valence-electron chi connectivity index (χ4n) is 4.19. The first kappa shape index (κ1) is 22.8. The minimum atomic E-state index is -0.526. The van der Waals surface area contributed by atoms with Gasteiger partial charge in [-0.2, -0.15) is 0 Å². The number of para-hydroxylation sites is 2. The molecule has 1 aliphatic rings. The number of rotatable bonds is 4. The van der Waals surface area contributed by atoms with E-state index in [0.717, 1.165) is 16.6 Å². The topological polar surface area (TPSA) is 76.5 Å². The summed E-state index contributed by atoms with van der Waals surface area (Å²) in [6.45, 7) is 9.27. The molecule has 7 heteroatoms. The number of ether oxygens (including phenoxy) is 1. The van der Waals surface area contributed by atoms with E-state index in [0.29, 0.717) is 38.4 Å². The molecular formula is C26H32N4O3. The van der Waals surface area contributed by atoms with E-state index in [-0.39, 0.29) is 17.9 Å². The predicted octanol–water partition coefficient (Wildman–Crippen LogP) is 4.98. The largest absolute Gasteiger partial charge is 0.444 e. The van der Waals surface area contributed by atoms with E-state index in [4.69, 9.17) is 9.72 Å². The van der Waals surface area contributed by atoms with Crippen LogP contribution in [0, 0.1) is 12.8 Å². The molecule has 7 nitrogen and oxygen atoms in total. The van der Waals surface area contributed by atoms with Gasteiger partial charge in [0.2, 0.25) is 11.9 Å². The molecule has 2 aromatic carbocycles. The van der Waals surface area contributed by atoms with E-state index in [1.165, 1.54) is 5.56 Å². The average Bonchev–Trinajstić information content (AvgIpc) is 3.09. The Balaban J connectivity index is 1.47. The lowest BCUT2D eigenvalue weighted by atomic mass is 9.96. The summed E-state index contributed by atoms with van der Waals surface area (Å²) in [4.78, 5) is 31.8. The molecule has 1 N–H and O–H groups in total. The van der Waals surface area contributed by atoms with Crippen molar-refractivity contribution < 1.29 is 14.3 Å². The Morgan fingerprint density at radius 1 is 1.09 bits per heavy atom. The molecule has 174 valence electrons. The molecule has 2 heterocycles. The van der Waals surface area contributed by atoms with Gasteiger partial charge < -0.3 is 14.2 Å². The minimum absolute atomic E-state index is 0.0559. The van der Waals surface area contributed by atoms with Gasteiger partial charge in [0.15, 0.2) is 0 Å². The first-order valence-corrected chi connectivity index (χ1v) is 11.5. The number of imidazole rings is 1. The molecule has 0 radical (unpaired) electrons. The van der Waals surface area contributed by atoms with Gasteiger partial charge in [0.1, 0.15) is 5.60 Å². The predicted molar refractivity (Wildman–Crippen MR) is 129 cm³/mol. The van der Waals surface area contributed by atoms with Crippen molar-refractivity contribution in [3.05, 3.63) is 59.7 Å². The van der Waals surface area contributed by atoms with Crippen molar-refractivity contribution in [3.8, 4) is 0 Å². The van der Waals surface area contributed by atoms with E-state index in [9.17, 15) is 9.59 Å². The van der Waals surface area contributed by atoms with Crippen LogP contribution in [0.4, 0.5) is 10.7 Å². The summed E-state index contributed by atoms with van der Waals surface area (Å²) < 4.78 is 7.51. The summed E-state index contributed by atoms with van der Waals surface area (Å²) in [5.74, 6) is 0.327. The summed E-state index contributed by atoms with van der Waals surface area (Å²) in [5, 5.41) is 3.07. The van der Waals surface area contributed by atoms with E-state index < -0.39 is 5.60 Å². The lowest BCUT2D eigenvalue weighted by Crippen LogP contribution is -2.43. The molecule has 4 rings (SSSR count). The second-order valence-electron chi connectivity index (χ2n) is 9.73. The second-order valence-corrected chi connectivity index (χ2v) is 9.73. The number of anilines is 1. The smallest absolute Gasteiger partial charge is 0.410 e. The standard InChI is InChI=1S/C26H32N4O3/c1-18-8-7-9-19(16-18)17-30-22-11-6-5-10-21(22)27-24(30)28-23(31)20-12-14-29(15-13-20)25(32)33-26(2,3)4/h5-11,16,20H,12-15,17H2,1-4H3,(H,27,28,31). The highest BCUT2D eigenvalue weighted by molar-refractivity contribution is 5.93. The average molecular weight is 449 g/mol. The highest BCUT2D eigenvalue weighted by Gasteiger charge is 2.30. The van der Waals surface area contributed by atoms with Crippen LogP contribution in [0.25, 0.3) is 11.0 Å². The normalized spacial score (nSPS) is 15.0. The zero-order valence-electron chi connectivity index (χ0n) is 19.8. The van der Waals surface area contributed by atoms with E-state index in [1.807, 2.05) is 51.1 Å². The highest BCUT2D eigenvalue weighted by atomic mass is 16.6. The van der Waals surface area contributed by atoms with E-state index in [2.05, 4.69) is 35.0 Å². The number of hydrogen-bond donors (Lipinski definition) is 1. The summed E-state index contributed by atoms with van der Waals surface area (Å²) in [6.07, 6.45) is 0.883. The fraction of sp³-hybridized carbons (Fsp3) is 0.423. The van der Waals surface area contributed by atoms with E-state index in [1.54, 1.807) is 4.90 Å². The number of benzene rings is 2. The van der Waals surface area contributed by atoms with E-state index >= 15 is 0 Å². The molecule has 1 saturated heterocycles. The Bertz CT molecular complexity index is 1150. The molecule has 0 aliphatic carbocycles. The van der Waals surface area contributed by atoms with Crippen molar-refractivity contribution in [2.75, 3.05) is 18.4 Å². The van der Waals surface area contributed by atoms with Crippen LogP contribution < -0.4 is 5.32 Å². The second kappa shape index (κ2) is 9.25. The zero-order chi connectivity index (χ0) is 23.6. The number of carbonyl (C=O) groups is 2. The summed E-state index contributed by atoms with van der Waals surface area (Å²) in [7, 11) is 0.